The molecule has 7 heteroatoms. The summed E-state index contributed by atoms with van der Waals surface area (Å²) in [6.45, 7) is 1.49. The number of aromatic nitrogens is 2. The molecule has 0 radical (unpaired) electrons. The first-order valence-electron chi connectivity index (χ1n) is 12.1. The van der Waals surface area contributed by atoms with Gasteiger partial charge in [0, 0.05) is 24.6 Å². The number of anilines is 2. The van der Waals surface area contributed by atoms with Crippen molar-refractivity contribution in [1.29, 1.82) is 0 Å². The number of hydrogen-bond acceptors (Lipinski definition) is 6. The highest BCUT2D eigenvalue weighted by molar-refractivity contribution is 5.94. The van der Waals surface area contributed by atoms with E-state index in [1.807, 2.05) is 91.0 Å². The first kappa shape index (κ1) is 23.4. The molecule has 0 aliphatic carbocycles. The molecular formula is C29H28N4O3. The van der Waals surface area contributed by atoms with E-state index in [-0.39, 0.29) is 11.8 Å². The summed E-state index contributed by atoms with van der Waals surface area (Å²) in [6, 6.07) is 28.8. The van der Waals surface area contributed by atoms with Crippen LogP contribution in [0.3, 0.4) is 0 Å². The van der Waals surface area contributed by atoms with E-state index in [9.17, 15) is 4.79 Å². The summed E-state index contributed by atoms with van der Waals surface area (Å²) in [4.78, 5) is 15.2. The molecule has 0 atom stereocenters. The number of nitrogens with zero attached hydrogens (tertiary/aromatic N) is 3. The maximum Gasteiger partial charge on any atom is 0.227 e. The fourth-order valence-corrected chi connectivity index (χ4v) is 4.29. The van der Waals surface area contributed by atoms with Crippen LogP contribution in [0.2, 0.25) is 0 Å². The van der Waals surface area contributed by atoms with Crippen molar-refractivity contribution in [3.05, 3.63) is 91.0 Å². The molecule has 1 aromatic heterocycles. The van der Waals surface area contributed by atoms with E-state index >= 15 is 0 Å². The van der Waals surface area contributed by atoms with E-state index in [1.54, 1.807) is 7.11 Å². The molecule has 1 amide bonds. The number of nitrogens with one attached hydrogen (secondary N) is 1. The van der Waals surface area contributed by atoms with Crippen molar-refractivity contribution in [1.82, 2.24) is 10.2 Å². The molecule has 1 saturated heterocycles. The molecule has 1 aliphatic rings. The lowest BCUT2D eigenvalue weighted by Crippen LogP contribution is -2.38. The molecule has 0 bridgehead atoms. The Morgan fingerprint density at radius 1 is 0.833 bits per heavy atom. The monoisotopic (exact) mass is 480 g/mol. The first-order chi connectivity index (χ1) is 17.7. The van der Waals surface area contributed by atoms with Crippen molar-refractivity contribution in [3.63, 3.8) is 0 Å². The van der Waals surface area contributed by atoms with Gasteiger partial charge >= 0.3 is 0 Å². The summed E-state index contributed by atoms with van der Waals surface area (Å²) in [7, 11) is 1.65. The minimum atomic E-state index is -0.0717. The molecule has 36 heavy (non-hydrogen) atoms. The van der Waals surface area contributed by atoms with Crippen LogP contribution < -0.4 is 19.7 Å². The minimum absolute atomic E-state index is 0.0136. The second kappa shape index (κ2) is 10.9. The van der Waals surface area contributed by atoms with Crippen molar-refractivity contribution >= 4 is 17.4 Å². The van der Waals surface area contributed by atoms with Gasteiger partial charge in [-0.2, -0.15) is 0 Å². The molecule has 0 unspecified atom stereocenters. The summed E-state index contributed by atoms with van der Waals surface area (Å²) in [5.74, 6) is 2.93. The smallest absolute Gasteiger partial charge is 0.227 e. The lowest BCUT2D eigenvalue weighted by atomic mass is 9.95. The Hall–Kier alpha value is -4.39. The quantitative estimate of drug-likeness (QED) is 0.360. The van der Waals surface area contributed by atoms with Crippen LogP contribution in [0.1, 0.15) is 12.8 Å². The van der Waals surface area contributed by atoms with E-state index in [0.29, 0.717) is 11.4 Å². The number of para-hydroxylation sites is 3. The third-order valence-corrected chi connectivity index (χ3v) is 6.34. The zero-order valence-corrected chi connectivity index (χ0v) is 20.1. The Kier molecular flexibility index (Phi) is 7.07. The van der Waals surface area contributed by atoms with Gasteiger partial charge < -0.3 is 19.7 Å². The van der Waals surface area contributed by atoms with Crippen LogP contribution in [0, 0.1) is 5.92 Å². The number of carbonyl (C=O) groups excluding carboxylic acids is 1. The largest absolute Gasteiger partial charge is 0.497 e. The standard InChI is InChI=1S/C29H28N4O3/c1-35-23-13-11-21(12-14-23)25-15-16-28(32-31-25)33-19-17-22(18-20-33)29(34)30-26-9-5-6-10-27(26)36-24-7-3-2-4-8-24/h2-16,22H,17-20H2,1H3,(H,30,34). The molecule has 1 fully saturated rings. The summed E-state index contributed by atoms with van der Waals surface area (Å²) >= 11 is 0. The fraction of sp³-hybridized carbons (Fsp3) is 0.207. The van der Waals surface area contributed by atoms with Gasteiger partial charge in [0.05, 0.1) is 18.5 Å². The summed E-state index contributed by atoms with van der Waals surface area (Å²) in [5.41, 5.74) is 2.47. The van der Waals surface area contributed by atoms with Gasteiger partial charge in [-0.25, -0.2) is 0 Å². The van der Waals surface area contributed by atoms with E-state index in [2.05, 4.69) is 20.4 Å². The molecule has 7 nitrogen and oxygen atoms in total. The van der Waals surface area contributed by atoms with Gasteiger partial charge in [-0.15, -0.1) is 10.2 Å². The van der Waals surface area contributed by atoms with Crippen molar-refractivity contribution in [2.24, 2.45) is 5.92 Å². The van der Waals surface area contributed by atoms with Gasteiger partial charge in [0.25, 0.3) is 0 Å². The number of amides is 1. The number of methoxy groups -OCH3 is 1. The van der Waals surface area contributed by atoms with Crippen molar-refractivity contribution in [2.45, 2.75) is 12.8 Å². The maximum absolute atomic E-state index is 13.0. The SMILES string of the molecule is COc1ccc(-c2ccc(N3CCC(C(=O)Nc4ccccc4Oc4ccccc4)CC3)nn2)cc1. The van der Waals surface area contributed by atoms with Crippen LogP contribution in [0.25, 0.3) is 11.3 Å². The Morgan fingerprint density at radius 2 is 1.56 bits per heavy atom. The predicted octanol–water partition coefficient (Wildman–Crippen LogP) is 5.80. The third kappa shape index (κ3) is 5.46. The molecule has 1 aliphatic heterocycles. The minimum Gasteiger partial charge on any atom is -0.497 e. The molecule has 0 saturated carbocycles. The topological polar surface area (TPSA) is 76.6 Å². The highest BCUT2D eigenvalue weighted by Gasteiger charge is 2.26. The molecule has 3 aromatic carbocycles. The van der Waals surface area contributed by atoms with Crippen molar-refractivity contribution < 1.29 is 14.3 Å². The van der Waals surface area contributed by atoms with Gasteiger partial charge in [-0.3, -0.25) is 4.79 Å². The van der Waals surface area contributed by atoms with Gasteiger partial charge in [-0.05, 0) is 73.5 Å². The van der Waals surface area contributed by atoms with Crippen LogP contribution in [0.15, 0.2) is 91.0 Å². The maximum atomic E-state index is 13.0. The molecule has 1 N–H and O–H groups in total. The zero-order valence-electron chi connectivity index (χ0n) is 20.1. The number of benzene rings is 3. The van der Waals surface area contributed by atoms with Crippen molar-refractivity contribution in [3.8, 4) is 28.5 Å². The lowest BCUT2D eigenvalue weighted by molar-refractivity contribution is -0.120. The molecule has 182 valence electrons. The van der Waals surface area contributed by atoms with Gasteiger partial charge in [0.2, 0.25) is 5.91 Å². The van der Waals surface area contributed by atoms with Crippen LogP contribution in [0.4, 0.5) is 11.5 Å². The lowest BCUT2D eigenvalue weighted by Gasteiger charge is -2.32. The van der Waals surface area contributed by atoms with Crippen LogP contribution >= 0.6 is 0 Å². The molecule has 0 spiro atoms. The fourth-order valence-electron chi connectivity index (χ4n) is 4.29. The van der Waals surface area contributed by atoms with Crippen LogP contribution in [-0.4, -0.2) is 36.3 Å². The van der Waals surface area contributed by atoms with Gasteiger partial charge in [0.15, 0.2) is 11.6 Å². The molecular weight excluding hydrogens is 452 g/mol. The number of rotatable bonds is 7. The van der Waals surface area contributed by atoms with Crippen LogP contribution in [-0.2, 0) is 4.79 Å². The molecule has 4 aromatic rings. The summed E-state index contributed by atoms with van der Waals surface area (Å²) < 4.78 is 11.2. The van der Waals surface area contributed by atoms with Gasteiger partial charge in [0.1, 0.15) is 11.5 Å². The Balaban J connectivity index is 1.17. The molecule has 5 rings (SSSR count). The van der Waals surface area contributed by atoms with E-state index in [4.69, 9.17) is 9.47 Å². The zero-order chi connectivity index (χ0) is 24.7. The predicted molar refractivity (Wildman–Crippen MR) is 141 cm³/mol. The van der Waals surface area contributed by atoms with Gasteiger partial charge in [-0.1, -0.05) is 30.3 Å². The number of ether oxygens (including phenoxy) is 2. The Bertz CT molecular complexity index is 1290. The third-order valence-electron chi connectivity index (χ3n) is 6.34. The summed E-state index contributed by atoms with van der Waals surface area (Å²) in [5, 5.41) is 11.9. The van der Waals surface area contributed by atoms with E-state index in [1.165, 1.54) is 0 Å². The number of carbonyl (C=O) groups is 1. The second-order valence-corrected chi connectivity index (χ2v) is 8.67. The first-order valence-corrected chi connectivity index (χ1v) is 12.1. The van der Waals surface area contributed by atoms with E-state index < -0.39 is 0 Å². The van der Waals surface area contributed by atoms with Crippen LogP contribution in [0.5, 0.6) is 17.2 Å². The number of hydrogen-bond donors (Lipinski definition) is 1. The average Bonchev–Trinajstić information content (AvgIpc) is 2.95. The Labute approximate surface area is 210 Å². The average molecular weight is 481 g/mol. The molecule has 2 heterocycles. The van der Waals surface area contributed by atoms with Crippen molar-refractivity contribution in [2.75, 3.05) is 30.4 Å². The summed E-state index contributed by atoms with van der Waals surface area (Å²) in [6.07, 6.45) is 1.49. The highest BCUT2D eigenvalue weighted by atomic mass is 16.5. The number of piperidine rings is 1. The Morgan fingerprint density at radius 3 is 2.25 bits per heavy atom. The highest BCUT2D eigenvalue weighted by Crippen LogP contribution is 2.31. The second-order valence-electron chi connectivity index (χ2n) is 8.67. The van der Waals surface area contributed by atoms with E-state index in [0.717, 1.165) is 54.5 Å². The normalized spacial score (nSPS) is 13.8.